The highest BCUT2D eigenvalue weighted by Crippen LogP contribution is 2.41. The van der Waals surface area contributed by atoms with Gasteiger partial charge in [0.05, 0.1) is 36.1 Å². The molecule has 1 aromatic carbocycles. The fraction of sp³-hybridized carbons (Fsp3) is 0.500. The Hall–Kier alpha value is -2.41. The number of amides is 1. The molecule has 0 radical (unpaired) electrons. The van der Waals surface area contributed by atoms with E-state index in [1.807, 2.05) is 23.1 Å². The molecule has 1 N–H and O–H groups in total. The van der Waals surface area contributed by atoms with Gasteiger partial charge in [-0.15, -0.1) is 0 Å². The molecule has 1 amide bonds. The van der Waals surface area contributed by atoms with Crippen LogP contribution in [0.1, 0.15) is 41.4 Å². The topological polar surface area (TPSA) is 80.3 Å². The second kappa shape index (κ2) is 5.84. The van der Waals surface area contributed by atoms with Crippen LogP contribution >= 0.6 is 0 Å². The van der Waals surface area contributed by atoms with E-state index < -0.39 is 0 Å². The van der Waals surface area contributed by atoms with Gasteiger partial charge in [-0.2, -0.15) is 15.4 Å². The molecule has 2 aromatic rings. The average molecular weight is 342 g/mol. The summed E-state index contributed by atoms with van der Waals surface area (Å²) in [5.74, 6) is 0.709. The Balaban J connectivity index is 1.62. The number of H-pyrrole nitrogens is 1. The summed E-state index contributed by atoms with van der Waals surface area (Å²) in [7, 11) is 1.66. The fourth-order valence-electron chi connectivity index (χ4n) is 3.75. The Kier molecular flexibility index (Phi) is 3.76. The number of methoxy groups -OCH3 is 1. The van der Waals surface area contributed by atoms with Gasteiger partial charge >= 0.3 is 0 Å². The third kappa shape index (κ3) is 2.59. The van der Waals surface area contributed by atoms with E-state index >= 15 is 0 Å². The first-order valence-electron chi connectivity index (χ1n) is 8.45. The Morgan fingerprint density at radius 1 is 1.40 bits per heavy atom. The lowest BCUT2D eigenvalue weighted by Gasteiger charge is -2.18. The summed E-state index contributed by atoms with van der Waals surface area (Å²) in [6.07, 6.45) is 1.60. The number of fused-ring (bicyclic) bond motifs is 1. The second-order valence-corrected chi connectivity index (χ2v) is 7.34. The van der Waals surface area contributed by atoms with Crippen molar-refractivity contribution in [2.45, 2.75) is 31.3 Å². The maximum atomic E-state index is 13.1. The molecular weight excluding hydrogens is 320 g/mol. The normalized spacial score (nSPS) is 24.2. The van der Waals surface area contributed by atoms with Crippen LogP contribution in [0.3, 0.4) is 0 Å². The van der Waals surface area contributed by atoms with Gasteiger partial charge in [0.15, 0.2) is 0 Å². The van der Waals surface area contributed by atoms with Gasteiger partial charge < -0.3 is 14.4 Å². The van der Waals surface area contributed by atoms with E-state index in [0.29, 0.717) is 25.3 Å². The second-order valence-electron chi connectivity index (χ2n) is 7.34. The molecular formula is C18H22N4O3. The molecule has 2 atom stereocenters. The molecule has 1 saturated heterocycles. The molecule has 3 heterocycles. The van der Waals surface area contributed by atoms with Crippen molar-refractivity contribution in [3.63, 3.8) is 0 Å². The summed E-state index contributed by atoms with van der Waals surface area (Å²) >= 11 is 0. The van der Waals surface area contributed by atoms with Gasteiger partial charge in [0.2, 0.25) is 0 Å². The van der Waals surface area contributed by atoms with Crippen molar-refractivity contribution in [3.8, 4) is 5.75 Å². The van der Waals surface area contributed by atoms with Crippen molar-refractivity contribution < 1.29 is 14.3 Å². The lowest BCUT2D eigenvalue weighted by atomic mass is 9.86. The first-order chi connectivity index (χ1) is 12.0. The summed E-state index contributed by atoms with van der Waals surface area (Å²) in [4.78, 5) is 15.0. The van der Waals surface area contributed by atoms with Gasteiger partial charge in [-0.05, 0) is 6.07 Å². The van der Waals surface area contributed by atoms with Crippen LogP contribution in [-0.2, 0) is 10.2 Å². The number of hydrogen-bond donors (Lipinski definition) is 1. The Labute approximate surface area is 146 Å². The number of hydrogen-bond acceptors (Lipinski definition) is 5. The zero-order valence-electron chi connectivity index (χ0n) is 14.7. The van der Waals surface area contributed by atoms with Gasteiger partial charge in [-0.1, -0.05) is 26.0 Å². The lowest BCUT2D eigenvalue weighted by molar-refractivity contribution is 0.0711. The molecule has 4 rings (SSSR count). The summed E-state index contributed by atoms with van der Waals surface area (Å²) in [6.45, 7) is 5.93. The molecule has 0 saturated carbocycles. The number of nitrogens with zero attached hydrogens (tertiary/aromatic N) is 3. The standard InChI is InChI=1S/C18H22N4O3/c1-18(2)10-25-16-11(5-4-6-13(16)18)17(23)22-8-12(15(9-22)24-3)14-7-19-21-20-14/h4-7,12,15H,8-10H2,1-3H3,(H,19,20,21)/t12-,15+/m0/s1. The summed E-state index contributed by atoms with van der Waals surface area (Å²) in [5, 5.41) is 10.7. The van der Waals surface area contributed by atoms with E-state index in [4.69, 9.17) is 9.47 Å². The number of para-hydroxylation sites is 1. The van der Waals surface area contributed by atoms with Crippen LogP contribution in [0, 0.1) is 0 Å². The van der Waals surface area contributed by atoms with E-state index in [1.54, 1.807) is 13.3 Å². The molecule has 2 aliphatic rings. The average Bonchev–Trinajstić information content (AvgIpc) is 3.32. The third-order valence-electron chi connectivity index (χ3n) is 5.22. The fourth-order valence-corrected chi connectivity index (χ4v) is 3.75. The highest BCUT2D eigenvalue weighted by atomic mass is 16.5. The van der Waals surface area contributed by atoms with E-state index in [9.17, 15) is 4.79 Å². The molecule has 132 valence electrons. The molecule has 2 aliphatic heterocycles. The molecule has 0 bridgehead atoms. The monoisotopic (exact) mass is 342 g/mol. The number of rotatable bonds is 3. The summed E-state index contributed by atoms with van der Waals surface area (Å²) in [6, 6.07) is 5.81. The predicted molar refractivity (Wildman–Crippen MR) is 90.8 cm³/mol. The zero-order chi connectivity index (χ0) is 17.6. The molecule has 7 heteroatoms. The highest BCUT2D eigenvalue weighted by Gasteiger charge is 2.40. The minimum absolute atomic E-state index is 0.0156. The van der Waals surface area contributed by atoms with Gasteiger partial charge in [0.25, 0.3) is 5.91 Å². The summed E-state index contributed by atoms with van der Waals surface area (Å²) < 4.78 is 11.5. The van der Waals surface area contributed by atoms with Crippen LogP contribution in [0.15, 0.2) is 24.4 Å². The molecule has 0 unspecified atom stereocenters. The molecule has 25 heavy (non-hydrogen) atoms. The maximum Gasteiger partial charge on any atom is 0.257 e. The smallest absolute Gasteiger partial charge is 0.257 e. The quantitative estimate of drug-likeness (QED) is 0.919. The van der Waals surface area contributed by atoms with Crippen LogP contribution in [0.2, 0.25) is 0 Å². The van der Waals surface area contributed by atoms with Gasteiger partial charge in [0.1, 0.15) is 5.75 Å². The van der Waals surface area contributed by atoms with Gasteiger partial charge in [-0.25, -0.2) is 0 Å². The number of aromatic amines is 1. The van der Waals surface area contributed by atoms with Crippen molar-refractivity contribution in [1.82, 2.24) is 20.3 Å². The van der Waals surface area contributed by atoms with Gasteiger partial charge in [-0.3, -0.25) is 4.79 Å². The number of nitrogens with one attached hydrogen (secondary N) is 1. The lowest BCUT2D eigenvalue weighted by Crippen LogP contribution is -2.30. The van der Waals surface area contributed by atoms with Crippen molar-refractivity contribution in [2.75, 3.05) is 26.8 Å². The zero-order valence-corrected chi connectivity index (χ0v) is 14.7. The Morgan fingerprint density at radius 2 is 2.24 bits per heavy atom. The number of benzene rings is 1. The Morgan fingerprint density at radius 3 is 2.96 bits per heavy atom. The number of likely N-dealkylation sites (tertiary alicyclic amines) is 1. The first-order valence-corrected chi connectivity index (χ1v) is 8.45. The molecule has 1 aromatic heterocycles. The SMILES string of the molecule is CO[C@@H]1CN(C(=O)c2cccc3c2OCC3(C)C)C[C@H]1c1cn[nH]n1. The van der Waals surface area contributed by atoms with Crippen LogP contribution in [-0.4, -0.2) is 59.1 Å². The predicted octanol–water partition coefficient (Wildman–Crippen LogP) is 1.73. The number of carbonyl (C=O) groups excluding carboxylic acids is 1. The largest absolute Gasteiger partial charge is 0.492 e. The van der Waals surface area contributed by atoms with Crippen LogP contribution in [0.4, 0.5) is 0 Å². The van der Waals surface area contributed by atoms with Crippen LogP contribution in [0.5, 0.6) is 5.75 Å². The highest BCUT2D eigenvalue weighted by molar-refractivity contribution is 5.98. The minimum atomic E-state index is -0.0943. The van der Waals surface area contributed by atoms with Crippen LogP contribution < -0.4 is 4.74 Å². The third-order valence-corrected chi connectivity index (χ3v) is 5.22. The maximum absolute atomic E-state index is 13.1. The van der Waals surface area contributed by atoms with Crippen molar-refractivity contribution in [1.29, 1.82) is 0 Å². The molecule has 7 nitrogen and oxygen atoms in total. The van der Waals surface area contributed by atoms with Crippen LogP contribution in [0.25, 0.3) is 0 Å². The van der Waals surface area contributed by atoms with Gasteiger partial charge in [0, 0.05) is 31.2 Å². The van der Waals surface area contributed by atoms with Crippen molar-refractivity contribution >= 4 is 5.91 Å². The van der Waals surface area contributed by atoms with E-state index in [2.05, 4.69) is 29.3 Å². The first kappa shape index (κ1) is 16.1. The van der Waals surface area contributed by atoms with Crippen molar-refractivity contribution in [2.24, 2.45) is 0 Å². The number of aromatic nitrogens is 3. The van der Waals surface area contributed by atoms with Crippen molar-refractivity contribution in [3.05, 3.63) is 41.2 Å². The Bertz CT molecular complexity index is 788. The van der Waals surface area contributed by atoms with E-state index in [-0.39, 0.29) is 23.3 Å². The summed E-state index contributed by atoms with van der Waals surface area (Å²) in [5.41, 5.74) is 2.46. The number of ether oxygens (including phenoxy) is 2. The minimum Gasteiger partial charge on any atom is -0.492 e. The molecule has 0 spiro atoms. The van der Waals surface area contributed by atoms with E-state index in [1.165, 1.54) is 0 Å². The molecule has 0 aliphatic carbocycles. The van der Waals surface area contributed by atoms with E-state index in [0.717, 1.165) is 17.0 Å². The molecule has 1 fully saturated rings. The number of carbonyl (C=O) groups is 1.